The van der Waals surface area contributed by atoms with Crippen LogP contribution >= 0.6 is 27.5 Å². The highest BCUT2D eigenvalue weighted by molar-refractivity contribution is 9.10. The summed E-state index contributed by atoms with van der Waals surface area (Å²) in [5.74, 6) is 1.64. The van der Waals surface area contributed by atoms with E-state index in [1.807, 2.05) is 6.07 Å². The fourth-order valence-corrected chi connectivity index (χ4v) is 3.15. The molecule has 17 heavy (non-hydrogen) atoms. The number of benzene rings is 1. The van der Waals surface area contributed by atoms with Crippen LogP contribution in [0.15, 0.2) is 22.7 Å². The average Bonchev–Trinajstić information content (AvgIpc) is 2.27. The maximum Gasteiger partial charge on any atom is 0.133 e. The highest BCUT2D eigenvalue weighted by Crippen LogP contribution is 2.31. The first-order valence-corrected chi connectivity index (χ1v) is 7.09. The van der Waals surface area contributed by atoms with Gasteiger partial charge in [-0.15, -0.1) is 11.6 Å². The normalized spacial score (nSPS) is 23.2. The number of alkyl halides is 1. The third-order valence-electron chi connectivity index (χ3n) is 3.16. The number of hydrogen-bond donors (Lipinski definition) is 1. The van der Waals surface area contributed by atoms with Crippen LogP contribution in [0.2, 0.25) is 0 Å². The minimum atomic E-state index is 0.414. The second-order valence-corrected chi connectivity index (χ2v) is 6.01. The number of rotatable bonds is 5. The standard InChI is InChI=1S/C13H17BrClNO/c1-17-13-3-2-9(6-12(13)14)7-16-8-10-4-11(15)5-10/h2-3,6,10-11,16H,4-5,7-8H2,1H3. The quantitative estimate of drug-likeness (QED) is 0.838. The Morgan fingerprint density at radius 2 is 2.24 bits per heavy atom. The first-order valence-electron chi connectivity index (χ1n) is 5.86. The van der Waals surface area contributed by atoms with Gasteiger partial charge in [0.15, 0.2) is 0 Å². The molecular formula is C13H17BrClNO. The van der Waals surface area contributed by atoms with Crippen molar-refractivity contribution >= 4 is 27.5 Å². The predicted octanol–water partition coefficient (Wildman–Crippen LogP) is 3.56. The molecular weight excluding hydrogens is 302 g/mol. The monoisotopic (exact) mass is 317 g/mol. The molecule has 0 unspecified atom stereocenters. The van der Waals surface area contributed by atoms with Crippen molar-refractivity contribution in [3.8, 4) is 5.75 Å². The van der Waals surface area contributed by atoms with E-state index >= 15 is 0 Å². The Bertz CT molecular complexity index is 380. The molecule has 1 saturated carbocycles. The molecule has 0 atom stereocenters. The van der Waals surface area contributed by atoms with Crippen molar-refractivity contribution in [1.82, 2.24) is 5.32 Å². The molecule has 0 heterocycles. The molecule has 1 aromatic carbocycles. The van der Waals surface area contributed by atoms with Crippen LogP contribution in [0.1, 0.15) is 18.4 Å². The molecule has 2 nitrogen and oxygen atoms in total. The third-order valence-corrected chi connectivity index (χ3v) is 4.13. The zero-order chi connectivity index (χ0) is 12.3. The van der Waals surface area contributed by atoms with Crippen molar-refractivity contribution < 1.29 is 4.74 Å². The van der Waals surface area contributed by atoms with E-state index in [1.165, 1.54) is 5.56 Å². The van der Waals surface area contributed by atoms with Gasteiger partial charge in [-0.1, -0.05) is 6.07 Å². The van der Waals surface area contributed by atoms with Crippen molar-refractivity contribution in [2.45, 2.75) is 24.8 Å². The Morgan fingerprint density at radius 1 is 1.47 bits per heavy atom. The fraction of sp³-hybridized carbons (Fsp3) is 0.538. The summed E-state index contributed by atoms with van der Waals surface area (Å²) in [4.78, 5) is 0. The lowest BCUT2D eigenvalue weighted by atomic mass is 9.85. The maximum atomic E-state index is 5.95. The fourth-order valence-electron chi connectivity index (χ4n) is 2.06. The molecule has 1 N–H and O–H groups in total. The molecule has 0 aliphatic heterocycles. The summed E-state index contributed by atoms with van der Waals surface area (Å²) in [6.45, 7) is 1.96. The van der Waals surface area contributed by atoms with E-state index in [2.05, 4.69) is 33.4 Å². The van der Waals surface area contributed by atoms with Gasteiger partial charge in [0, 0.05) is 11.9 Å². The van der Waals surface area contributed by atoms with Crippen LogP contribution in [0.4, 0.5) is 0 Å². The third kappa shape index (κ3) is 3.60. The lowest BCUT2D eigenvalue weighted by Gasteiger charge is -2.31. The van der Waals surface area contributed by atoms with Crippen LogP contribution in [-0.4, -0.2) is 19.0 Å². The van der Waals surface area contributed by atoms with Crippen LogP contribution in [0, 0.1) is 5.92 Å². The van der Waals surface area contributed by atoms with Gasteiger partial charge >= 0.3 is 0 Å². The summed E-state index contributed by atoms with van der Waals surface area (Å²) < 4.78 is 6.20. The van der Waals surface area contributed by atoms with Gasteiger partial charge in [-0.05, 0) is 58.9 Å². The summed E-state index contributed by atoms with van der Waals surface area (Å²) in [7, 11) is 1.68. The van der Waals surface area contributed by atoms with E-state index in [0.29, 0.717) is 5.38 Å². The van der Waals surface area contributed by atoms with Crippen LogP contribution < -0.4 is 10.1 Å². The molecule has 94 valence electrons. The van der Waals surface area contributed by atoms with Crippen molar-refractivity contribution in [2.24, 2.45) is 5.92 Å². The topological polar surface area (TPSA) is 21.3 Å². The van der Waals surface area contributed by atoms with E-state index < -0.39 is 0 Å². The number of methoxy groups -OCH3 is 1. The molecule has 0 spiro atoms. The summed E-state index contributed by atoms with van der Waals surface area (Å²) in [5.41, 5.74) is 1.26. The first kappa shape index (κ1) is 13.2. The van der Waals surface area contributed by atoms with Crippen LogP contribution in [0.3, 0.4) is 0 Å². The van der Waals surface area contributed by atoms with Crippen LogP contribution in [0.25, 0.3) is 0 Å². The molecule has 1 fully saturated rings. The lowest BCUT2D eigenvalue weighted by molar-refractivity contribution is 0.308. The van der Waals surface area contributed by atoms with E-state index in [1.54, 1.807) is 7.11 Å². The molecule has 1 aromatic rings. The Labute approximate surface area is 116 Å². The van der Waals surface area contributed by atoms with Gasteiger partial charge in [-0.25, -0.2) is 0 Å². The first-order chi connectivity index (χ1) is 8.19. The highest BCUT2D eigenvalue weighted by Gasteiger charge is 2.26. The molecule has 0 aromatic heterocycles. The van der Waals surface area contributed by atoms with Crippen LogP contribution in [0.5, 0.6) is 5.75 Å². The SMILES string of the molecule is COc1ccc(CNCC2CC(Cl)C2)cc1Br. The summed E-state index contributed by atoms with van der Waals surface area (Å²) in [5, 5.41) is 3.88. The molecule has 4 heteroatoms. The molecule has 2 rings (SSSR count). The van der Waals surface area contributed by atoms with Crippen molar-refractivity contribution in [3.63, 3.8) is 0 Å². The van der Waals surface area contributed by atoms with Crippen molar-refractivity contribution in [1.29, 1.82) is 0 Å². The number of hydrogen-bond acceptors (Lipinski definition) is 2. The number of halogens is 2. The number of nitrogens with one attached hydrogen (secondary N) is 1. The lowest BCUT2D eigenvalue weighted by Crippen LogP contribution is -2.33. The minimum Gasteiger partial charge on any atom is -0.496 e. The van der Waals surface area contributed by atoms with E-state index in [4.69, 9.17) is 16.3 Å². The van der Waals surface area contributed by atoms with Gasteiger partial charge < -0.3 is 10.1 Å². The zero-order valence-corrected chi connectivity index (χ0v) is 12.2. The van der Waals surface area contributed by atoms with Gasteiger partial charge in [-0.2, -0.15) is 0 Å². The number of ether oxygens (including phenoxy) is 1. The van der Waals surface area contributed by atoms with E-state index in [9.17, 15) is 0 Å². The smallest absolute Gasteiger partial charge is 0.133 e. The van der Waals surface area contributed by atoms with Crippen LogP contribution in [-0.2, 0) is 6.54 Å². The van der Waals surface area contributed by atoms with Gasteiger partial charge in [-0.3, -0.25) is 0 Å². The largest absolute Gasteiger partial charge is 0.496 e. The molecule has 0 amide bonds. The summed E-state index contributed by atoms with van der Waals surface area (Å²) in [6, 6.07) is 6.16. The van der Waals surface area contributed by atoms with Crippen molar-refractivity contribution in [3.05, 3.63) is 28.2 Å². The predicted molar refractivity (Wildman–Crippen MR) is 74.8 cm³/mol. The molecule has 0 radical (unpaired) electrons. The van der Waals surface area contributed by atoms with E-state index in [-0.39, 0.29) is 0 Å². The molecule has 0 saturated heterocycles. The minimum absolute atomic E-state index is 0.414. The molecule has 0 bridgehead atoms. The van der Waals surface area contributed by atoms with Crippen molar-refractivity contribution in [2.75, 3.05) is 13.7 Å². The molecule has 1 aliphatic carbocycles. The maximum absolute atomic E-state index is 5.95. The Kier molecular flexibility index (Phi) is 4.71. The summed E-state index contributed by atoms with van der Waals surface area (Å²) >= 11 is 9.44. The van der Waals surface area contributed by atoms with Gasteiger partial charge in [0.1, 0.15) is 5.75 Å². The highest BCUT2D eigenvalue weighted by atomic mass is 79.9. The van der Waals surface area contributed by atoms with Gasteiger partial charge in [0.25, 0.3) is 0 Å². The average molecular weight is 319 g/mol. The van der Waals surface area contributed by atoms with Gasteiger partial charge in [0.2, 0.25) is 0 Å². The zero-order valence-electron chi connectivity index (χ0n) is 9.88. The Balaban J connectivity index is 1.77. The second kappa shape index (κ2) is 6.07. The summed E-state index contributed by atoms with van der Waals surface area (Å²) in [6.07, 6.45) is 2.31. The Morgan fingerprint density at radius 3 is 2.82 bits per heavy atom. The second-order valence-electron chi connectivity index (χ2n) is 4.53. The molecule has 1 aliphatic rings. The van der Waals surface area contributed by atoms with E-state index in [0.717, 1.165) is 42.1 Å². The Hall–Kier alpha value is -0.250. The van der Waals surface area contributed by atoms with Gasteiger partial charge in [0.05, 0.1) is 11.6 Å².